The normalized spacial score (nSPS) is 10.2. The van der Waals surface area contributed by atoms with Gasteiger partial charge in [-0.15, -0.1) is 0 Å². The van der Waals surface area contributed by atoms with E-state index in [0.29, 0.717) is 12.3 Å². The van der Waals surface area contributed by atoms with Gasteiger partial charge in [0, 0.05) is 4.47 Å². The molecule has 1 N–H and O–H groups in total. The number of anilines is 1. The van der Waals surface area contributed by atoms with E-state index < -0.39 is 6.09 Å². The maximum Gasteiger partial charge on any atom is 0.411 e. The van der Waals surface area contributed by atoms with E-state index in [1.165, 1.54) is 0 Å². The van der Waals surface area contributed by atoms with Gasteiger partial charge in [-0.1, -0.05) is 40.7 Å². The van der Waals surface area contributed by atoms with E-state index in [1.807, 2.05) is 24.3 Å². The summed E-state index contributed by atoms with van der Waals surface area (Å²) in [4.78, 5) is 11.3. The van der Waals surface area contributed by atoms with Crippen molar-refractivity contribution >= 4 is 33.8 Å². The molecule has 0 atom stereocenters. The molecule has 0 aromatic heterocycles. The highest BCUT2D eigenvalue weighted by Gasteiger charge is 2.05. The molecule has 0 aliphatic carbocycles. The first-order valence-electron chi connectivity index (χ1n) is 5.19. The molecule has 3 nitrogen and oxygen atoms in total. The van der Waals surface area contributed by atoms with Gasteiger partial charge in [0.25, 0.3) is 0 Å². The first-order chi connectivity index (χ1) is 8.17. The van der Waals surface area contributed by atoms with Crippen LogP contribution in [-0.2, 0) is 4.74 Å². The number of halogens is 1. The minimum absolute atomic E-state index is 0.347. The third-order valence-corrected chi connectivity index (χ3v) is 2.43. The van der Waals surface area contributed by atoms with Crippen LogP contribution in [0.3, 0.4) is 0 Å². The largest absolute Gasteiger partial charge is 0.450 e. The average molecular weight is 296 g/mol. The summed E-state index contributed by atoms with van der Waals surface area (Å²) >= 11 is 3.38. The van der Waals surface area contributed by atoms with Crippen molar-refractivity contribution in [2.24, 2.45) is 0 Å². The molecule has 90 valence electrons. The Morgan fingerprint density at radius 1 is 1.59 bits per heavy atom. The lowest BCUT2D eigenvalue weighted by Crippen LogP contribution is -2.13. The van der Waals surface area contributed by atoms with Crippen LogP contribution in [0.25, 0.3) is 6.08 Å². The summed E-state index contributed by atoms with van der Waals surface area (Å²) in [6.07, 6.45) is 4.88. The number of nitrogens with one attached hydrogen (secondary N) is 1. The number of carbonyl (C=O) groups excluding carboxylic acids is 1. The van der Waals surface area contributed by atoms with Crippen molar-refractivity contribution in [3.63, 3.8) is 0 Å². The monoisotopic (exact) mass is 295 g/mol. The molecular formula is C13H14BrNO2. The Kier molecular flexibility index (Phi) is 5.49. The van der Waals surface area contributed by atoms with Crippen molar-refractivity contribution < 1.29 is 9.53 Å². The molecule has 0 unspecified atom stereocenters. The van der Waals surface area contributed by atoms with Gasteiger partial charge in [0.05, 0.1) is 12.3 Å². The summed E-state index contributed by atoms with van der Waals surface area (Å²) in [7, 11) is 0. The molecule has 17 heavy (non-hydrogen) atoms. The summed E-state index contributed by atoms with van der Waals surface area (Å²) in [5, 5.41) is 2.68. The molecule has 4 heteroatoms. The number of hydrogen-bond acceptors (Lipinski definition) is 2. The summed E-state index contributed by atoms with van der Waals surface area (Å²) in [6, 6.07) is 5.57. The van der Waals surface area contributed by atoms with Crippen molar-refractivity contribution in [1.82, 2.24) is 0 Å². The van der Waals surface area contributed by atoms with Gasteiger partial charge in [0.2, 0.25) is 0 Å². The average Bonchev–Trinajstić information content (AvgIpc) is 2.30. The molecule has 0 fully saturated rings. The Labute approximate surface area is 109 Å². The van der Waals surface area contributed by atoms with E-state index in [0.717, 1.165) is 10.0 Å². The number of allylic oxidation sites excluding steroid dienone is 2. The Morgan fingerprint density at radius 2 is 2.35 bits per heavy atom. The molecule has 0 saturated carbocycles. The van der Waals surface area contributed by atoms with Crippen LogP contribution in [0, 0.1) is 0 Å². The number of ether oxygens (including phenoxy) is 1. The van der Waals surface area contributed by atoms with Crippen LogP contribution >= 0.6 is 15.9 Å². The fourth-order valence-electron chi connectivity index (χ4n) is 1.23. The van der Waals surface area contributed by atoms with Gasteiger partial charge in [-0.25, -0.2) is 4.79 Å². The van der Waals surface area contributed by atoms with Gasteiger partial charge in [-0.3, -0.25) is 5.32 Å². The van der Waals surface area contributed by atoms with Gasteiger partial charge in [0.1, 0.15) is 0 Å². The molecule has 0 aliphatic heterocycles. The highest BCUT2D eigenvalue weighted by atomic mass is 79.9. The first kappa shape index (κ1) is 13.5. The number of hydrogen-bond donors (Lipinski definition) is 1. The maximum absolute atomic E-state index is 11.3. The number of amides is 1. The Hall–Kier alpha value is -1.55. The van der Waals surface area contributed by atoms with Crippen LogP contribution in [0.1, 0.15) is 12.5 Å². The second-order valence-electron chi connectivity index (χ2n) is 3.17. The molecule has 0 radical (unpaired) electrons. The zero-order valence-electron chi connectivity index (χ0n) is 9.57. The highest BCUT2D eigenvalue weighted by Crippen LogP contribution is 2.22. The van der Waals surface area contributed by atoms with Crippen LogP contribution in [0.4, 0.5) is 10.5 Å². The highest BCUT2D eigenvalue weighted by molar-refractivity contribution is 9.10. The Balaban J connectivity index is 2.93. The van der Waals surface area contributed by atoms with Crippen molar-refractivity contribution in [3.05, 3.63) is 47.0 Å². The van der Waals surface area contributed by atoms with Crippen LogP contribution in [0.5, 0.6) is 0 Å². The molecule has 0 heterocycles. The fraction of sp³-hybridized carbons (Fsp3) is 0.154. The van der Waals surface area contributed by atoms with Crippen LogP contribution in [0.2, 0.25) is 0 Å². The molecule has 1 aromatic rings. The zero-order chi connectivity index (χ0) is 12.7. The van der Waals surface area contributed by atoms with Crippen molar-refractivity contribution in [3.8, 4) is 0 Å². The molecule has 1 aromatic carbocycles. The minimum Gasteiger partial charge on any atom is -0.450 e. The predicted octanol–water partition coefficient (Wildman–Crippen LogP) is 4.22. The summed E-state index contributed by atoms with van der Waals surface area (Å²) in [5.41, 5.74) is 1.58. The summed E-state index contributed by atoms with van der Waals surface area (Å²) in [5.74, 6) is 0. The van der Waals surface area contributed by atoms with E-state index in [9.17, 15) is 4.79 Å². The van der Waals surface area contributed by atoms with E-state index in [2.05, 4.69) is 27.8 Å². The lowest BCUT2D eigenvalue weighted by atomic mass is 10.1. The summed E-state index contributed by atoms with van der Waals surface area (Å²) in [6.45, 7) is 5.72. The lowest BCUT2D eigenvalue weighted by molar-refractivity contribution is 0.168. The van der Waals surface area contributed by atoms with Crippen molar-refractivity contribution in [2.75, 3.05) is 11.9 Å². The fourth-order valence-corrected chi connectivity index (χ4v) is 1.61. The van der Waals surface area contributed by atoms with E-state index >= 15 is 0 Å². The number of benzene rings is 1. The third kappa shape index (κ3) is 4.44. The lowest BCUT2D eigenvalue weighted by Gasteiger charge is -2.08. The quantitative estimate of drug-likeness (QED) is 0.845. The van der Waals surface area contributed by atoms with Crippen molar-refractivity contribution in [1.29, 1.82) is 0 Å². The molecule has 1 rings (SSSR count). The van der Waals surface area contributed by atoms with Gasteiger partial charge in [0.15, 0.2) is 0 Å². The summed E-state index contributed by atoms with van der Waals surface area (Å²) < 4.78 is 5.77. The van der Waals surface area contributed by atoms with Gasteiger partial charge in [-0.05, 0) is 30.7 Å². The van der Waals surface area contributed by atoms with Crippen LogP contribution < -0.4 is 5.32 Å². The predicted molar refractivity (Wildman–Crippen MR) is 74.0 cm³/mol. The number of carbonyl (C=O) groups is 1. The smallest absolute Gasteiger partial charge is 0.411 e. The molecule has 0 spiro atoms. The maximum atomic E-state index is 11.3. The molecule has 0 aliphatic rings. The molecular weight excluding hydrogens is 282 g/mol. The van der Waals surface area contributed by atoms with Crippen LogP contribution in [-0.4, -0.2) is 12.7 Å². The first-order valence-corrected chi connectivity index (χ1v) is 5.99. The minimum atomic E-state index is -0.455. The molecule has 1 amide bonds. The number of rotatable bonds is 4. The Bertz CT molecular complexity index is 441. The molecule has 0 bridgehead atoms. The SMILES string of the molecule is C=C/C=C\c1cc(Br)ccc1NC(=O)OCC. The second kappa shape index (κ2) is 6.91. The van der Waals surface area contributed by atoms with Gasteiger partial charge >= 0.3 is 6.09 Å². The van der Waals surface area contributed by atoms with E-state index in [4.69, 9.17) is 4.74 Å². The third-order valence-electron chi connectivity index (χ3n) is 1.94. The topological polar surface area (TPSA) is 38.3 Å². The van der Waals surface area contributed by atoms with Gasteiger partial charge < -0.3 is 4.74 Å². The standard InChI is InChI=1S/C13H14BrNO2/c1-3-5-6-10-9-11(14)7-8-12(10)15-13(16)17-4-2/h3,5-9H,1,4H2,2H3,(H,15,16)/b6-5-. The van der Waals surface area contributed by atoms with E-state index in [1.54, 1.807) is 19.1 Å². The second-order valence-corrected chi connectivity index (χ2v) is 4.09. The zero-order valence-corrected chi connectivity index (χ0v) is 11.2. The van der Waals surface area contributed by atoms with Crippen molar-refractivity contribution in [2.45, 2.75) is 6.92 Å². The van der Waals surface area contributed by atoms with Crippen LogP contribution in [0.15, 0.2) is 41.4 Å². The van der Waals surface area contributed by atoms with Gasteiger partial charge in [-0.2, -0.15) is 0 Å². The molecule has 0 saturated heterocycles. The Morgan fingerprint density at radius 3 is 3.00 bits per heavy atom. The van der Waals surface area contributed by atoms with E-state index in [-0.39, 0.29) is 0 Å².